The van der Waals surface area contributed by atoms with Crippen LogP contribution in [0.5, 0.6) is 5.75 Å². The fourth-order valence-electron chi connectivity index (χ4n) is 4.56. The lowest BCUT2D eigenvalue weighted by atomic mass is 9.82. The van der Waals surface area contributed by atoms with Crippen LogP contribution >= 0.6 is 0 Å². The molecule has 1 fully saturated rings. The molecule has 1 N–H and O–H groups in total. The molecule has 32 heavy (non-hydrogen) atoms. The van der Waals surface area contributed by atoms with Gasteiger partial charge in [-0.1, -0.05) is 18.2 Å². The number of fused-ring (bicyclic) bond motifs is 2. The van der Waals surface area contributed by atoms with Crippen molar-refractivity contribution in [2.75, 3.05) is 38.8 Å². The number of methoxy groups -OCH3 is 2. The predicted molar refractivity (Wildman–Crippen MR) is 117 cm³/mol. The summed E-state index contributed by atoms with van der Waals surface area (Å²) in [5.74, 6) is -2.05. The van der Waals surface area contributed by atoms with E-state index >= 15 is 0 Å². The maximum Gasteiger partial charge on any atom is 0.296 e. The average molecular weight is 436 g/mol. The smallest absolute Gasteiger partial charge is 0.296 e. The molecule has 0 saturated carbocycles. The summed E-state index contributed by atoms with van der Waals surface area (Å²) in [6, 6.07) is 13.4. The van der Waals surface area contributed by atoms with Gasteiger partial charge in [-0.15, -0.1) is 0 Å². The second kappa shape index (κ2) is 8.12. The van der Waals surface area contributed by atoms with Gasteiger partial charge in [-0.25, -0.2) is 0 Å². The number of ketones is 1. The third-order valence-electron chi connectivity index (χ3n) is 6.01. The molecule has 0 radical (unpaired) electrons. The highest BCUT2D eigenvalue weighted by atomic mass is 16.5. The van der Waals surface area contributed by atoms with E-state index < -0.39 is 28.9 Å². The van der Waals surface area contributed by atoms with Gasteiger partial charge in [0.2, 0.25) is 0 Å². The van der Waals surface area contributed by atoms with Crippen molar-refractivity contribution in [2.24, 2.45) is 0 Å². The van der Waals surface area contributed by atoms with Crippen molar-refractivity contribution in [1.29, 1.82) is 0 Å². The van der Waals surface area contributed by atoms with Crippen LogP contribution in [0, 0.1) is 0 Å². The van der Waals surface area contributed by atoms with E-state index in [0.29, 0.717) is 29.1 Å². The summed E-state index contributed by atoms with van der Waals surface area (Å²) in [6.45, 7) is 2.30. The van der Waals surface area contributed by atoms with Gasteiger partial charge in [0.1, 0.15) is 11.5 Å². The lowest BCUT2D eigenvalue weighted by Gasteiger charge is -2.34. The minimum atomic E-state index is -1.76. The number of hydrogen-bond acceptors (Lipinski definition) is 6. The Kier molecular flexibility index (Phi) is 5.48. The Morgan fingerprint density at radius 3 is 2.34 bits per heavy atom. The van der Waals surface area contributed by atoms with Crippen LogP contribution in [0.3, 0.4) is 0 Å². The maximum atomic E-state index is 13.9. The number of nitrogens with zero attached hydrogens (tertiary/aromatic N) is 2. The minimum absolute atomic E-state index is 0.0120. The molecule has 2 aliphatic heterocycles. The van der Waals surface area contributed by atoms with E-state index in [0.717, 1.165) is 0 Å². The van der Waals surface area contributed by atoms with Crippen LogP contribution in [0.2, 0.25) is 0 Å². The monoisotopic (exact) mass is 436 g/mol. The number of likely N-dealkylation sites (N-methyl/N-ethyl adjacent to an activating group) is 1. The first-order valence-corrected chi connectivity index (χ1v) is 10.3. The van der Waals surface area contributed by atoms with Crippen molar-refractivity contribution in [3.05, 3.63) is 65.2 Å². The van der Waals surface area contributed by atoms with Crippen LogP contribution in [0.4, 0.5) is 5.69 Å². The second-order valence-corrected chi connectivity index (χ2v) is 7.51. The zero-order valence-electron chi connectivity index (χ0n) is 18.1. The molecule has 2 aliphatic rings. The summed E-state index contributed by atoms with van der Waals surface area (Å²) >= 11 is 0. The molecule has 166 valence electrons. The molecule has 1 saturated heterocycles. The summed E-state index contributed by atoms with van der Waals surface area (Å²) in [5.41, 5.74) is -0.613. The van der Waals surface area contributed by atoms with E-state index in [-0.39, 0.29) is 18.7 Å². The molecule has 0 bridgehead atoms. The summed E-state index contributed by atoms with van der Waals surface area (Å²) < 4.78 is 10.3. The third-order valence-corrected chi connectivity index (χ3v) is 6.01. The molecule has 1 atom stereocenters. The van der Waals surface area contributed by atoms with E-state index in [1.807, 2.05) is 6.92 Å². The first-order valence-electron chi connectivity index (χ1n) is 10.3. The largest absolute Gasteiger partial charge is 0.507 e. The van der Waals surface area contributed by atoms with Crippen molar-refractivity contribution < 1.29 is 29.0 Å². The van der Waals surface area contributed by atoms with Crippen molar-refractivity contribution in [1.82, 2.24) is 4.90 Å². The number of likely N-dealkylation sites (tertiary alicyclic amines) is 1. The highest BCUT2D eigenvalue weighted by Gasteiger charge is 2.66. The molecule has 1 spiro atoms. The van der Waals surface area contributed by atoms with Crippen LogP contribution in [-0.4, -0.2) is 61.5 Å². The molecule has 0 aliphatic carbocycles. The van der Waals surface area contributed by atoms with Gasteiger partial charge in [0.25, 0.3) is 17.6 Å². The van der Waals surface area contributed by atoms with E-state index in [9.17, 15) is 19.5 Å². The Morgan fingerprint density at radius 1 is 1.03 bits per heavy atom. The summed E-state index contributed by atoms with van der Waals surface area (Å²) in [5, 5.41) is 11.3. The number of hydrogen-bond donors (Lipinski definition) is 1. The van der Waals surface area contributed by atoms with Gasteiger partial charge < -0.3 is 24.4 Å². The zero-order valence-corrected chi connectivity index (χ0v) is 18.1. The molecule has 0 aromatic heterocycles. The van der Waals surface area contributed by atoms with Crippen LogP contribution in [0.1, 0.15) is 18.1 Å². The van der Waals surface area contributed by atoms with Crippen molar-refractivity contribution in [3.63, 3.8) is 0 Å². The number of aliphatic hydroxyl groups excluding tert-OH is 1. The van der Waals surface area contributed by atoms with Gasteiger partial charge in [0, 0.05) is 31.3 Å². The Hall–Kier alpha value is -3.65. The van der Waals surface area contributed by atoms with Crippen LogP contribution in [-0.2, 0) is 24.7 Å². The number of carbonyl (C=O) groups is 3. The summed E-state index contributed by atoms with van der Waals surface area (Å²) in [7, 11) is 2.99. The van der Waals surface area contributed by atoms with Crippen LogP contribution in [0.15, 0.2) is 54.1 Å². The molecule has 0 unspecified atom stereocenters. The van der Waals surface area contributed by atoms with E-state index in [1.54, 1.807) is 48.5 Å². The fraction of sp³-hybridized carbons (Fsp3) is 0.292. The van der Waals surface area contributed by atoms with E-state index in [2.05, 4.69) is 0 Å². The van der Waals surface area contributed by atoms with Gasteiger partial charge in [-0.3, -0.25) is 14.4 Å². The number of para-hydroxylation sites is 1. The Bertz CT molecular complexity index is 1120. The van der Waals surface area contributed by atoms with Gasteiger partial charge in [0.05, 0.1) is 25.0 Å². The van der Waals surface area contributed by atoms with Gasteiger partial charge in [0.15, 0.2) is 5.54 Å². The molecule has 8 heteroatoms. The molecule has 2 aromatic rings. The first-order chi connectivity index (χ1) is 15.4. The van der Waals surface area contributed by atoms with E-state index in [4.69, 9.17) is 9.47 Å². The minimum Gasteiger partial charge on any atom is -0.507 e. The lowest BCUT2D eigenvalue weighted by Crippen LogP contribution is -2.52. The van der Waals surface area contributed by atoms with Crippen molar-refractivity contribution in [2.45, 2.75) is 12.5 Å². The SMILES string of the molecule is CCN1C(=O)[C@@]2(C(=C(O)c3ccc(OC)cc3)C(=O)C(=O)N2CCOC)c2ccccc21. The molecular formula is C24H24N2O6. The standard InChI is InChI=1S/C24H24N2O6/c1-4-25-18-8-6-5-7-17(18)24(23(25)30)19(21(28)22(29)26(24)13-14-31-2)20(27)15-9-11-16(32-3)12-10-15/h5-12,27H,4,13-14H2,1-3H3/t24-/m0/s1. The number of carbonyl (C=O) groups excluding carboxylic acids is 3. The fourth-order valence-corrected chi connectivity index (χ4v) is 4.56. The van der Waals surface area contributed by atoms with Gasteiger partial charge in [-0.2, -0.15) is 0 Å². The maximum absolute atomic E-state index is 13.9. The Balaban J connectivity index is 2.03. The number of rotatable bonds is 6. The van der Waals surface area contributed by atoms with Crippen LogP contribution < -0.4 is 9.64 Å². The summed E-state index contributed by atoms with van der Waals surface area (Å²) in [6.07, 6.45) is 0. The Morgan fingerprint density at radius 2 is 1.72 bits per heavy atom. The molecule has 2 heterocycles. The zero-order chi connectivity index (χ0) is 23.0. The first kappa shape index (κ1) is 21.6. The number of Topliss-reactive ketones (excluding diaryl/α,β-unsaturated/α-hetero) is 1. The number of aliphatic hydroxyl groups is 1. The third kappa shape index (κ3) is 2.83. The van der Waals surface area contributed by atoms with Crippen molar-refractivity contribution in [3.8, 4) is 5.75 Å². The molecule has 8 nitrogen and oxygen atoms in total. The highest BCUT2D eigenvalue weighted by molar-refractivity contribution is 6.50. The van der Waals surface area contributed by atoms with Gasteiger partial charge >= 0.3 is 0 Å². The topological polar surface area (TPSA) is 96.4 Å². The quantitative estimate of drug-likeness (QED) is 0.424. The van der Waals surface area contributed by atoms with Crippen molar-refractivity contribution >= 4 is 29.0 Å². The number of anilines is 1. The molecule has 2 aromatic carbocycles. The molecular weight excluding hydrogens is 412 g/mol. The number of benzene rings is 2. The summed E-state index contributed by atoms with van der Waals surface area (Å²) in [4.78, 5) is 43.1. The predicted octanol–water partition coefficient (Wildman–Crippen LogP) is 2.28. The normalized spacial score (nSPS) is 21.5. The van der Waals surface area contributed by atoms with Gasteiger partial charge in [-0.05, 0) is 37.3 Å². The Labute approximate surface area is 185 Å². The molecule has 4 rings (SSSR count). The lowest BCUT2D eigenvalue weighted by molar-refractivity contribution is -0.144. The number of amides is 2. The van der Waals surface area contributed by atoms with E-state index in [1.165, 1.54) is 24.0 Å². The second-order valence-electron chi connectivity index (χ2n) is 7.51. The highest BCUT2D eigenvalue weighted by Crippen LogP contribution is 2.53. The molecule has 2 amide bonds. The number of ether oxygens (including phenoxy) is 2. The van der Waals surface area contributed by atoms with Crippen LogP contribution in [0.25, 0.3) is 5.76 Å². The average Bonchev–Trinajstić information content (AvgIpc) is 3.20.